The second-order valence-electron chi connectivity index (χ2n) is 8.11. The molecule has 1 aliphatic rings. The standard InChI is InChI=1S/C18H28O2/c1-16(2)11-17(3,4)13-18(19,12-16)10-14-7-6-8-15(9-14)20-5/h6-9,19H,10-13H2,1-5H3. The number of methoxy groups -OCH3 is 1. The molecule has 0 aliphatic heterocycles. The molecule has 1 aromatic carbocycles. The zero-order valence-corrected chi connectivity index (χ0v) is 13.5. The molecule has 0 spiro atoms. The zero-order valence-electron chi connectivity index (χ0n) is 13.5. The SMILES string of the molecule is COc1cccc(CC2(O)CC(C)(C)CC(C)(C)C2)c1. The first kappa shape index (κ1) is 15.4. The minimum atomic E-state index is -0.613. The van der Waals surface area contributed by atoms with Crippen LogP contribution in [0.3, 0.4) is 0 Å². The molecule has 0 heterocycles. The molecule has 0 radical (unpaired) electrons. The molecule has 2 nitrogen and oxygen atoms in total. The van der Waals surface area contributed by atoms with Gasteiger partial charge in [-0.1, -0.05) is 39.8 Å². The summed E-state index contributed by atoms with van der Waals surface area (Å²) in [6, 6.07) is 8.06. The third-order valence-corrected chi connectivity index (χ3v) is 4.24. The van der Waals surface area contributed by atoms with Crippen molar-refractivity contribution in [3.8, 4) is 5.75 Å². The molecule has 1 N–H and O–H groups in total. The average molecular weight is 276 g/mol. The van der Waals surface area contributed by atoms with Crippen molar-refractivity contribution < 1.29 is 9.84 Å². The highest BCUT2D eigenvalue weighted by Gasteiger charge is 2.46. The van der Waals surface area contributed by atoms with Gasteiger partial charge in [0.15, 0.2) is 0 Å². The Labute approximate surface area is 123 Å². The van der Waals surface area contributed by atoms with Gasteiger partial charge < -0.3 is 9.84 Å². The number of benzene rings is 1. The van der Waals surface area contributed by atoms with Crippen LogP contribution in [0.4, 0.5) is 0 Å². The lowest BCUT2D eigenvalue weighted by atomic mass is 9.58. The Morgan fingerprint density at radius 2 is 1.65 bits per heavy atom. The number of ether oxygens (including phenoxy) is 1. The van der Waals surface area contributed by atoms with Crippen LogP contribution in [-0.4, -0.2) is 17.8 Å². The Bertz CT molecular complexity index is 458. The summed E-state index contributed by atoms with van der Waals surface area (Å²) in [6.45, 7) is 9.07. The van der Waals surface area contributed by atoms with E-state index in [1.807, 2.05) is 18.2 Å². The normalized spacial score (nSPS) is 23.3. The highest BCUT2D eigenvalue weighted by molar-refractivity contribution is 5.29. The van der Waals surface area contributed by atoms with Gasteiger partial charge in [-0.05, 0) is 47.8 Å². The van der Waals surface area contributed by atoms with Crippen molar-refractivity contribution in [1.82, 2.24) is 0 Å². The van der Waals surface area contributed by atoms with Crippen LogP contribution < -0.4 is 4.74 Å². The Hall–Kier alpha value is -1.02. The van der Waals surface area contributed by atoms with Crippen LogP contribution in [0.1, 0.15) is 52.5 Å². The van der Waals surface area contributed by atoms with E-state index in [9.17, 15) is 5.11 Å². The zero-order chi connectivity index (χ0) is 15.0. The van der Waals surface area contributed by atoms with E-state index in [-0.39, 0.29) is 10.8 Å². The first-order chi connectivity index (χ1) is 9.13. The van der Waals surface area contributed by atoms with Gasteiger partial charge in [-0.15, -0.1) is 0 Å². The molecule has 2 heteroatoms. The van der Waals surface area contributed by atoms with Crippen molar-refractivity contribution in [2.24, 2.45) is 10.8 Å². The summed E-state index contributed by atoms with van der Waals surface area (Å²) < 4.78 is 5.28. The smallest absolute Gasteiger partial charge is 0.119 e. The number of hydrogen-bond donors (Lipinski definition) is 1. The van der Waals surface area contributed by atoms with E-state index in [4.69, 9.17) is 4.74 Å². The van der Waals surface area contributed by atoms with E-state index >= 15 is 0 Å². The van der Waals surface area contributed by atoms with E-state index in [0.717, 1.165) is 24.2 Å². The van der Waals surface area contributed by atoms with E-state index < -0.39 is 5.60 Å². The predicted octanol–water partition coefficient (Wildman–Crippen LogP) is 4.21. The minimum absolute atomic E-state index is 0.190. The van der Waals surface area contributed by atoms with Crippen molar-refractivity contribution in [2.75, 3.05) is 7.11 Å². The van der Waals surface area contributed by atoms with Gasteiger partial charge in [-0.3, -0.25) is 0 Å². The Morgan fingerprint density at radius 1 is 1.05 bits per heavy atom. The van der Waals surface area contributed by atoms with Gasteiger partial charge >= 0.3 is 0 Å². The quantitative estimate of drug-likeness (QED) is 0.896. The van der Waals surface area contributed by atoms with Crippen LogP contribution in [0.25, 0.3) is 0 Å². The molecular formula is C18H28O2. The lowest BCUT2D eigenvalue weighted by molar-refractivity contribution is -0.0851. The summed E-state index contributed by atoms with van der Waals surface area (Å²) >= 11 is 0. The molecule has 0 unspecified atom stereocenters. The van der Waals surface area contributed by atoms with Crippen LogP contribution in [-0.2, 0) is 6.42 Å². The molecule has 0 amide bonds. The second kappa shape index (κ2) is 5.07. The van der Waals surface area contributed by atoms with E-state index in [1.54, 1.807) is 7.11 Å². The lowest BCUT2D eigenvalue weighted by Gasteiger charge is -2.49. The summed E-state index contributed by atoms with van der Waals surface area (Å²) in [5, 5.41) is 11.1. The third kappa shape index (κ3) is 3.76. The minimum Gasteiger partial charge on any atom is -0.497 e. The van der Waals surface area contributed by atoms with Crippen LogP contribution in [0, 0.1) is 10.8 Å². The first-order valence-corrected chi connectivity index (χ1v) is 7.49. The number of aliphatic hydroxyl groups is 1. The molecule has 0 aromatic heterocycles. The van der Waals surface area contributed by atoms with Crippen LogP contribution in [0.5, 0.6) is 5.75 Å². The third-order valence-electron chi connectivity index (χ3n) is 4.24. The molecule has 1 saturated carbocycles. The fourth-order valence-electron chi connectivity index (χ4n) is 4.55. The fraction of sp³-hybridized carbons (Fsp3) is 0.667. The van der Waals surface area contributed by atoms with E-state index in [1.165, 1.54) is 6.42 Å². The van der Waals surface area contributed by atoms with Gasteiger partial charge in [0, 0.05) is 6.42 Å². The summed E-state index contributed by atoms with van der Waals surface area (Å²) in [5.41, 5.74) is 0.919. The van der Waals surface area contributed by atoms with Crippen molar-refractivity contribution in [3.63, 3.8) is 0 Å². The van der Waals surface area contributed by atoms with Gasteiger partial charge in [0.25, 0.3) is 0 Å². The van der Waals surface area contributed by atoms with Gasteiger partial charge in [0.2, 0.25) is 0 Å². The molecule has 112 valence electrons. The Morgan fingerprint density at radius 3 is 2.20 bits per heavy atom. The Balaban J connectivity index is 2.21. The van der Waals surface area contributed by atoms with Crippen molar-refractivity contribution >= 4 is 0 Å². The van der Waals surface area contributed by atoms with Crippen molar-refractivity contribution in [1.29, 1.82) is 0 Å². The predicted molar refractivity (Wildman–Crippen MR) is 83.1 cm³/mol. The van der Waals surface area contributed by atoms with Crippen LogP contribution in [0.2, 0.25) is 0 Å². The Kier molecular flexibility index (Phi) is 3.90. The highest BCUT2D eigenvalue weighted by atomic mass is 16.5. The van der Waals surface area contributed by atoms with Gasteiger partial charge in [0.1, 0.15) is 5.75 Å². The molecular weight excluding hydrogens is 248 g/mol. The summed E-state index contributed by atoms with van der Waals surface area (Å²) in [6.07, 6.45) is 3.60. The number of rotatable bonds is 3. The van der Waals surface area contributed by atoms with E-state index in [2.05, 4.69) is 33.8 Å². The monoisotopic (exact) mass is 276 g/mol. The maximum absolute atomic E-state index is 11.1. The van der Waals surface area contributed by atoms with Crippen LogP contribution in [0.15, 0.2) is 24.3 Å². The number of hydrogen-bond acceptors (Lipinski definition) is 2. The fourth-order valence-corrected chi connectivity index (χ4v) is 4.55. The van der Waals surface area contributed by atoms with Crippen molar-refractivity contribution in [3.05, 3.63) is 29.8 Å². The second-order valence-corrected chi connectivity index (χ2v) is 8.11. The van der Waals surface area contributed by atoms with Gasteiger partial charge in [-0.25, -0.2) is 0 Å². The molecule has 0 bridgehead atoms. The molecule has 0 atom stereocenters. The topological polar surface area (TPSA) is 29.5 Å². The highest BCUT2D eigenvalue weighted by Crippen LogP contribution is 2.51. The molecule has 0 saturated heterocycles. The maximum atomic E-state index is 11.1. The molecule has 2 rings (SSSR count). The summed E-state index contributed by atoms with van der Waals surface area (Å²) in [5.74, 6) is 0.862. The molecule has 1 aliphatic carbocycles. The van der Waals surface area contributed by atoms with Crippen molar-refractivity contribution in [2.45, 2.75) is 59.0 Å². The largest absolute Gasteiger partial charge is 0.497 e. The first-order valence-electron chi connectivity index (χ1n) is 7.49. The average Bonchev–Trinajstić information content (AvgIpc) is 2.23. The molecule has 20 heavy (non-hydrogen) atoms. The molecule has 1 fully saturated rings. The van der Waals surface area contributed by atoms with Crippen LogP contribution >= 0.6 is 0 Å². The van der Waals surface area contributed by atoms with E-state index in [0.29, 0.717) is 6.42 Å². The summed E-state index contributed by atoms with van der Waals surface area (Å²) in [7, 11) is 1.68. The van der Waals surface area contributed by atoms with Gasteiger partial charge in [-0.2, -0.15) is 0 Å². The summed E-state index contributed by atoms with van der Waals surface area (Å²) in [4.78, 5) is 0. The maximum Gasteiger partial charge on any atom is 0.119 e. The molecule has 1 aromatic rings. The van der Waals surface area contributed by atoms with Gasteiger partial charge in [0.05, 0.1) is 12.7 Å². The lowest BCUT2D eigenvalue weighted by Crippen LogP contribution is -2.47.